The van der Waals surface area contributed by atoms with E-state index >= 15 is 0 Å². The van der Waals surface area contributed by atoms with Gasteiger partial charge in [-0.05, 0) is 30.7 Å². The molecule has 112 valence electrons. The third-order valence-electron chi connectivity index (χ3n) is 3.53. The van der Waals surface area contributed by atoms with Gasteiger partial charge in [-0.2, -0.15) is 0 Å². The lowest BCUT2D eigenvalue weighted by Gasteiger charge is -2.04. The predicted octanol–water partition coefficient (Wildman–Crippen LogP) is 4.09. The Balaban J connectivity index is 2.15. The van der Waals surface area contributed by atoms with Crippen molar-refractivity contribution >= 4 is 0 Å². The number of benzene rings is 2. The smallest absolute Gasteiger partial charge is 0.173 e. The van der Waals surface area contributed by atoms with Gasteiger partial charge in [-0.3, -0.25) is 0 Å². The molecule has 2 aromatic carbocycles. The van der Waals surface area contributed by atoms with Gasteiger partial charge in [0.15, 0.2) is 17.4 Å². The lowest BCUT2D eigenvalue weighted by atomic mass is 10.00. The molecule has 0 aliphatic heterocycles. The zero-order chi connectivity index (χ0) is 15.7. The summed E-state index contributed by atoms with van der Waals surface area (Å²) in [7, 11) is 0. The first-order chi connectivity index (χ1) is 10.6. The van der Waals surface area contributed by atoms with E-state index in [0.717, 1.165) is 23.3 Å². The van der Waals surface area contributed by atoms with Crippen LogP contribution in [0.1, 0.15) is 11.1 Å². The summed E-state index contributed by atoms with van der Waals surface area (Å²) >= 11 is 0. The summed E-state index contributed by atoms with van der Waals surface area (Å²) in [5.74, 6) is -1.47. The lowest BCUT2D eigenvalue weighted by Crippen LogP contribution is -1.92. The molecule has 0 aliphatic carbocycles. The first-order valence-corrected chi connectivity index (χ1v) is 6.72. The number of rotatable bonds is 3. The van der Waals surface area contributed by atoms with Crippen molar-refractivity contribution in [3.63, 3.8) is 0 Å². The van der Waals surface area contributed by atoms with Crippen molar-refractivity contribution in [2.45, 2.75) is 13.5 Å². The monoisotopic (exact) mass is 301 g/mol. The van der Waals surface area contributed by atoms with Crippen LogP contribution in [0.4, 0.5) is 8.78 Å². The molecule has 0 saturated carbocycles. The van der Waals surface area contributed by atoms with Gasteiger partial charge in [0.2, 0.25) is 0 Å². The second-order valence-corrected chi connectivity index (χ2v) is 4.94. The summed E-state index contributed by atoms with van der Waals surface area (Å²) in [5.41, 5.74) is 2.87. The molecular weight excluding hydrogens is 288 g/mol. The molecule has 0 aliphatic rings. The summed E-state index contributed by atoms with van der Waals surface area (Å²) in [6.45, 7) is 1.59. The average molecular weight is 301 g/mol. The second-order valence-electron chi connectivity index (χ2n) is 4.94. The van der Waals surface area contributed by atoms with E-state index in [1.807, 2.05) is 31.2 Å². The van der Waals surface area contributed by atoms with Crippen molar-refractivity contribution in [3.8, 4) is 22.6 Å². The van der Waals surface area contributed by atoms with Crippen LogP contribution in [0.15, 0.2) is 47.0 Å². The predicted molar refractivity (Wildman–Crippen MR) is 78.0 cm³/mol. The minimum atomic E-state index is -0.971. The van der Waals surface area contributed by atoms with Gasteiger partial charge in [-0.15, -0.1) is 0 Å². The minimum Gasteiger partial charge on any atom is -0.391 e. The topological polar surface area (TPSA) is 46.3 Å². The number of nitrogens with zero attached hydrogens (tertiary/aromatic N) is 1. The van der Waals surface area contributed by atoms with Gasteiger partial charge in [0, 0.05) is 11.1 Å². The minimum absolute atomic E-state index is 0.305. The molecule has 5 heteroatoms. The number of aliphatic hydroxyl groups excluding tert-OH is 1. The summed E-state index contributed by atoms with van der Waals surface area (Å²) in [6, 6.07) is 11.0. The van der Waals surface area contributed by atoms with Crippen molar-refractivity contribution in [1.29, 1.82) is 0 Å². The molecule has 3 rings (SSSR count). The Labute approximate surface area is 125 Å². The van der Waals surface area contributed by atoms with Crippen LogP contribution in [0.25, 0.3) is 22.6 Å². The van der Waals surface area contributed by atoms with Crippen LogP contribution in [0.5, 0.6) is 0 Å². The van der Waals surface area contributed by atoms with Gasteiger partial charge in [-0.25, -0.2) is 8.78 Å². The highest BCUT2D eigenvalue weighted by Crippen LogP contribution is 2.34. The van der Waals surface area contributed by atoms with Gasteiger partial charge in [-0.1, -0.05) is 29.4 Å². The third kappa shape index (κ3) is 2.40. The van der Waals surface area contributed by atoms with Gasteiger partial charge < -0.3 is 9.63 Å². The van der Waals surface area contributed by atoms with Gasteiger partial charge in [0.1, 0.15) is 5.69 Å². The zero-order valence-corrected chi connectivity index (χ0v) is 11.8. The van der Waals surface area contributed by atoms with Gasteiger partial charge in [0.05, 0.1) is 12.2 Å². The van der Waals surface area contributed by atoms with E-state index in [2.05, 4.69) is 5.16 Å². The first kappa shape index (κ1) is 14.4. The van der Waals surface area contributed by atoms with Crippen molar-refractivity contribution in [1.82, 2.24) is 5.16 Å². The number of aryl methyl sites for hydroxylation is 1. The number of halogens is 2. The van der Waals surface area contributed by atoms with Crippen molar-refractivity contribution in [2.24, 2.45) is 0 Å². The van der Waals surface area contributed by atoms with E-state index in [9.17, 15) is 13.9 Å². The summed E-state index contributed by atoms with van der Waals surface area (Å²) in [6.07, 6.45) is 0. The van der Waals surface area contributed by atoms with Crippen LogP contribution in [0.3, 0.4) is 0 Å². The first-order valence-electron chi connectivity index (χ1n) is 6.72. The molecular formula is C17H13F2NO2. The van der Waals surface area contributed by atoms with Gasteiger partial charge >= 0.3 is 0 Å². The van der Waals surface area contributed by atoms with E-state index in [4.69, 9.17) is 4.52 Å². The highest BCUT2D eigenvalue weighted by molar-refractivity contribution is 5.74. The Morgan fingerprint density at radius 1 is 1.09 bits per heavy atom. The maximum absolute atomic E-state index is 13.4. The molecule has 3 aromatic rings. The number of aromatic nitrogens is 1. The molecule has 0 fully saturated rings. The van der Waals surface area contributed by atoms with E-state index < -0.39 is 11.6 Å². The molecule has 1 N–H and O–H groups in total. The molecule has 0 atom stereocenters. The maximum atomic E-state index is 13.4. The van der Waals surface area contributed by atoms with E-state index in [1.165, 1.54) is 6.07 Å². The van der Waals surface area contributed by atoms with E-state index in [0.29, 0.717) is 22.6 Å². The molecule has 0 saturated heterocycles. The van der Waals surface area contributed by atoms with Crippen LogP contribution in [-0.4, -0.2) is 10.3 Å². The van der Waals surface area contributed by atoms with Crippen LogP contribution in [-0.2, 0) is 6.61 Å². The van der Waals surface area contributed by atoms with Crippen molar-refractivity contribution in [2.75, 3.05) is 0 Å². The Hall–Kier alpha value is -2.53. The molecule has 22 heavy (non-hydrogen) atoms. The molecule has 0 radical (unpaired) electrons. The third-order valence-corrected chi connectivity index (χ3v) is 3.53. The fraction of sp³-hybridized carbons (Fsp3) is 0.118. The highest BCUT2D eigenvalue weighted by atomic mass is 19.2. The number of hydrogen-bond donors (Lipinski definition) is 1. The largest absolute Gasteiger partial charge is 0.391 e. The molecule has 0 spiro atoms. The van der Waals surface area contributed by atoms with Crippen molar-refractivity contribution < 1.29 is 18.4 Å². The number of hydrogen-bond acceptors (Lipinski definition) is 3. The summed E-state index contributed by atoms with van der Waals surface area (Å²) in [5, 5.41) is 13.6. The Morgan fingerprint density at radius 2 is 1.86 bits per heavy atom. The summed E-state index contributed by atoms with van der Waals surface area (Å²) < 4.78 is 31.8. The Kier molecular flexibility index (Phi) is 3.73. The normalized spacial score (nSPS) is 10.9. The van der Waals surface area contributed by atoms with Gasteiger partial charge in [0.25, 0.3) is 0 Å². The Bertz CT molecular complexity index is 827. The second kappa shape index (κ2) is 5.69. The molecule has 3 nitrogen and oxygen atoms in total. The average Bonchev–Trinajstić information content (AvgIpc) is 2.94. The molecule has 1 heterocycles. The molecule has 1 aromatic heterocycles. The molecule has 0 bridgehead atoms. The van der Waals surface area contributed by atoms with E-state index in [1.54, 1.807) is 0 Å². The van der Waals surface area contributed by atoms with Crippen LogP contribution < -0.4 is 0 Å². The Morgan fingerprint density at radius 3 is 2.55 bits per heavy atom. The lowest BCUT2D eigenvalue weighted by molar-refractivity contribution is 0.281. The van der Waals surface area contributed by atoms with Crippen LogP contribution in [0.2, 0.25) is 0 Å². The fourth-order valence-corrected chi connectivity index (χ4v) is 2.37. The quantitative estimate of drug-likeness (QED) is 0.792. The summed E-state index contributed by atoms with van der Waals surface area (Å²) in [4.78, 5) is 0. The number of aliphatic hydroxyl groups is 1. The molecule has 0 amide bonds. The van der Waals surface area contributed by atoms with Crippen molar-refractivity contribution in [3.05, 3.63) is 65.2 Å². The highest BCUT2D eigenvalue weighted by Gasteiger charge is 2.20. The maximum Gasteiger partial charge on any atom is 0.173 e. The van der Waals surface area contributed by atoms with Crippen LogP contribution in [0, 0.1) is 18.6 Å². The fourth-order valence-electron chi connectivity index (χ4n) is 2.37. The standard InChI is InChI=1S/C17H13F2NO2/c1-10-4-2-3-5-12(10)17-13(9-21)16(20-22-17)11-6-7-14(18)15(19)8-11/h2-8,21H,9H2,1H3. The molecule has 0 unspecified atom stereocenters. The zero-order valence-electron chi connectivity index (χ0n) is 11.8. The SMILES string of the molecule is Cc1ccccc1-c1onc(-c2ccc(F)c(F)c2)c1CO. The van der Waals surface area contributed by atoms with E-state index in [-0.39, 0.29) is 6.61 Å². The van der Waals surface area contributed by atoms with Crippen LogP contribution >= 0.6 is 0 Å².